The summed E-state index contributed by atoms with van der Waals surface area (Å²) in [6, 6.07) is 3.73. The Hall–Kier alpha value is -2.36. The quantitative estimate of drug-likeness (QED) is 0.462. The number of quaternary nitrogens is 1. The van der Waals surface area contributed by atoms with Gasteiger partial charge in [-0.2, -0.15) is 0 Å². The third kappa shape index (κ3) is 4.61. The van der Waals surface area contributed by atoms with Gasteiger partial charge in [0.25, 0.3) is 5.91 Å². The van der Waals surface area contributed by atoms with Gasteiger partial charge in [0, 0.05) is 29.6 Å². The molecule has 1 aliphatic carbocycles. The van der Waals surface area contributed by atoms with E-state index in [1.54, 1.807) is 12.4 Å². The summed E-state index contributed by atoms with van der Waals surface area (Å²) in [7, 11) is 0. The maximum atomic E-state index is 13.6. The Labute approximate surface area is 204 Å². The largest absolute Gasteiger partial charge is 0.454 e. The third-order valence-electron chi connectivity index (χ3n) is 8.03. The normalized spacial score (nSPS) is 28.7. The highest BCUT2D eigenvalue weighted by Gasteiger charge is 2.53. The average Bonchev–Trinajstić information content (AvgIpc) is 3.40. The summed E-state index contributed by atoms with van der Waals surface area (Å²) >= 11 is 1.42. The Kier molecular flexibility index (Phi) is 6.68. The number of rotatable bonds is 7. The van der Waals surface area contributed by atoms with E-state index in [1.807, 2.05) is 17.5 Å². The highest BCUT2D eigenvalue weighted by molar-refractivity contribution is 7.10. The average molecular weight is 486 g/mol. The number of thiophene rings is 1. The van der Waals surface area contributed by atoms with Crippen LogP contribution in [-0.2, 0) is 19.9 Å². The van der Waals surface area contributed by atoms with Crippen molar-refractivity contribution in [2.75, 3.05) is 31.5 Å². The molecule has 1 unspecified atom stereocenters. The number of ether oxygens (including phenoxy) is 1. The zero-order valence-corrected chi connectivity index (χ0v) is 20.2. The second-order valence-corrected chi connectivity index (χ2v) is 11.1. The number of amides is 1. The number of hydrogen-bond donors (Lipinski definition) is 2. The van der Waals surface area contributed by atoms with Gasteiger partial charge in [0.15, 0.2) is 18.2 Å². The number of esters is 1. The number of aliphatic hydroxyl groups is 1. The van der Waals surface area contributed by atoms with Crippen molar-refractivity contribution in [3.8, 4) is 0 Å². The second kappa shape index (κ2) is 9.71. The first kappa shape index (κ1) is 23.4. The summed E-state index contributed by atoms with van der Waals surface area (Å²) in [5, 5.41) is 16.6. The molecular formula is C25H33N4O4S+. The van der Waals surface area contributed by atoms with E-state index in [2.05, 4.69) is 15.3 Å². The molecule has 2 aromatic rings. The van der Waals surface area contributed by atoms with Gasteiger partial charge in [-0.1, -0.05) is 25.3 Å². The fraction of sp³-hybridized carbons (Fsp3) is 0.600. The molecule has 4 fully saturated rings. The van der Waals surface area contributed by atoms with E-state index in [0.29, 0.717) is 28.1 Å². The molecule has 34 heavy (non-hydrogen) atoms. The lowest BCUT2D eigenvalue weighted by Crippen LogP contribution is -2.66. The minimum absolute atomic E-state index is 0.0856. The number of aromatic nitrogens is 2. The number of hydrogen-bond acceptors (Lipinski definition) is 7. The van der Waals surface area contributed by atoms with Crippen molar-refractivity contribution < 1.29 is 23.9 Å². The van der Waals surface area contributed by atoms with Crippen LogP contribution in [0.4, 0.5) is 5.69 Å². The SMILES string of the molecule is O=C(C[N+]12CCC(CC1)C(OC(=O)[C@@](O)(c1cccs1)C1CCCCC1)C2)Nc1cncnc1. The maximum absolute atomic E-state index is 13.6. The number of nitrogens with zero attached hydrogens (tertiary/aromatic N) is 3. The van der Waals surface area contributed by atoms with Crippen LogP contribution in [0.15, 0.2) is 36.2 Å². The van der Waals surface area contributed by atoms with Gasteiger partial charge in [0.2, 0.25) is 0 Å². The molecule has 9 heteroatoms. The number of anilines is 1. The van der Waals surface area contributed by atoms with Crippen LogP contribution in [0.25, 0.3) is 0 Å². The Balaban J connectivity index is 1.29. The molecule has 5 heterocycles. The number of carbonyl (C=O) groups is 2. The molecule has 0 spiro atoms. The predicted molar refractivity (Wildman–Crippen MR) is 128 cm³/mol. The number of fused-ring (bicyclic) bond motifs is 3. The van der Waals surface area contributed by atoms with Crippen LogP contribution in [0.1, 0.15) is 49.8 Å². The third-order valence-corrected chi connectivity index (χ3v) is 9.02. The van der Waals surface area contributed by atoms with Crippen molar-refractivity contribution in [2.45, 2.75) is 56.7 Å². The topological polar surface area (TPSA) is 101 Å². The highest BCUT2D eigenvalue weighted by atomic mass is 32.1. The molecule has 8 nitrogen and oxygen atoms in total. The van der Waals surface area contributed by atoms with Crippen molar-refractivity contribution >= 4 is 28.9 Å². The molecule has 2 atom stereocenters. The fourth-order valence-electron chi connectivity index (χ4n) is 6.16. The van der Waals surface area contributed by atoms with E-state index in [1.165, 1.54) is 17.7 Å². The van der Waals surface area contributed by atoms with Gasteiger partial charge >= 0.3 is 5.97 Å². The van der Waals surface area contributed by atoms with Crippen LogP contribution in [-0.4, -0.2) is 63.7 Å². The van der Waals surface area contributed by atoms with Crippen molar-refractivity contribution in [1.29, 1.82) is 0 Å². The van der Waals surface area contributed by atoms with Gasteiger partial charge in [-0.15, -0.1) is 11.3 Å². The second-order valence-electron chi connectivity index (χ2n) is 10.2. The Morgan fingerprint density at radius 2 is 1.88 bits per heavy atom. The Bertz CT molecular complexity index is 988. The van der Waals surface area contributed by atoms with Crippen molar-refractivity contribution in [3.63, 3.8) is 0 Å². The lowest BCUT2D eigenvalue weighted by atomic mass is 9.75. The smallest absolute Gasteiger partial charge is 0.344 e. The first-order valence-corrected chi connectivity index (χ1v) is 13.2. The first-order valence-electron chi connectivity index (χ1n) is 12.4. The van der Waals surface area contributed by atoms with Crippen LogP contribution in [0.3, 0.4) is 0 Å². The highest BCUT2D eigenvalue weighted by Crippen LogP contribution is 2.43. The minimum atomic E-state index is -1.59. The first-order chi connectivity index (χ1) is 16.5. The zero-order valence-electron chi connectivity index (χ0n) is 19.4. The standard InChI is InChI=1S/C25H32N4O4S/c30-23(28-20-13-26-17-27-14-20)16-29-10-8-18(9-11-29)21(15-29)33-24(31)25(32,22-7-4-12-34-22)19-5-2-1-3-6-19/h4,7,12-14,17-19,21,32H,1-3,5-6,8-11,15-16H2/p+1/t18?,21?,25-,29?/m0/s1. The predicted octanol–water partition coefficient (Wildman–Crippen LogP) is 3.10. The molecule has 3 saturated heterocycles. The van der Waals surface area contributed by atoms with Crippen LogP contribution in [0.5, 0.6) is 0 Å². The molecule has 0 radical (unpaired) electrons. The minimum Gasteiger partial charge on any atom is -0.454 e. The summed E-state index contributed by atoms with van der Waals surface area (Å²) in [5.74, 6) is -0.425. The molecule has 2 aromatic heterocycles. The molecule has 182 valence electrons. The van der Waals surface area contributed by atoms with Crippen LogP contribution in [0, 0.1) is 11.8 Å². The van der Waals surface area contributed by atoms with Gasteiger partial charge in [0.1, 0.15) is 12.9 Å². The zero-order chi connectivity index (χ0) is 23.6. The summed E-state index contributed by atoms with van der Waals surface area (Å²) < 4.78 is 6.75. The van der Waals surface area contributed by atoms with Crippen molar-refractivity contribution in [2.24, 2.45) is 11.8 Å². The van der Waals surface area contributed by atoms with Crippen LogP contribution >= 0.6 is 11.3 Å². The monoisotopic (exact) mass is 485 g/mol. The van der Waals surface area contributed by atoms with E-state index in [9.17, 15) is 14.7 Å². The molecule has 1 amide bonds. The Morgan fingerprint density at radius 3 is 2.56 bits per heavy atom. The summed E-state index contributed by atoms with van der Waals surface area (Å²) in [5.41, 5.74) is -1.01. The molecule has 6 rings (SSSR count). The van der Waals surface area contributed by atoms with Crippen molar-refractivity contribution in [1.82, 2.24) is 9.97 Å². The fourth-order valence-corrected chi connectivity index (χ4v) is 7.05. The van der Waals surface area contributed by atoms with Crippen molar-refractivity contribution in [3.05, 3.63) is 41.1 Å². The van der Waals surface area contributed by atoms with E-state index >= 15 is 0 Å². The lowest BCUT2D eigenvalue weighted by Gasteiger charge is -2.52. The maximum Gasteiger partial charge on any atom is 0.344 e. The number of carbonyl (C=O) groups excluding carboxylic acids is 2. The molecule has 1 saturated carbocycles. The molecule has 2 bridgehead atoms. The van der Waals surface area contributed by atoms with Gasteiger partial charge in [-0.25, -0.2) is 14.8 Å². The van der Waals surface area contributed by atoms with Gasteiger partial charge in [-0.3, -0.25) is 4.79 Å². The van der Waals surface area contributed by atoms with E-state index in [-0.39, 0.29) is 23.8 Å². The van der Waals surface area contributed by atoms with E-state index in [4.69, 9.17) is 4.74 Å². The molecular weight excluding hydrogens is 452 g/mol. The van der Waals surface area contributed by atoms with Crippen LogP contribution in [0.2, 0.25) is 0 Å². The summed E-state index contributed by atoms with van der Waals surface area (Å²) in [6.45, 7) is 2.73. The lowest BCUT2D eigenvalue weighted by molar-refractivity contribution is -0.939. The van der Waals surface area contributed by atoms with E-state index < -0.39 is 11.6 Å². The van der Waals surface area contributed by atoms with Crippen LogP contribution < -0.4 is 5.32 Å². The summed E-state index contributed by atoms with van der Waals surface area (Å²) in [4.78, 5) is 35.0. The van der Waals surface area contributed by atoms with Gasteiger partial charge in [-0.05, 0) is 24.3 Å². The molecule has 0 aromatic carbocycles. The molecule has 3 aliphatic heterocycles. The number of nitrogens with one attached hydrogen (secondary N) is 1. The Morgan fingerprint density at radius 1 is 1.15 bits per heavy atom. The summed E-state index contributed by atoms with van der Waals surface area (Å²) in [6.07, 6.45) is 11.0. The molecule has 2 N–H and O–H groups in total. The molecule has 4 aliphatic rings. The van der Waals surface area contributed by atoms with Gasteiger partial charge < -0.3 is 19.6 Å². The van der Waals surface area contributed by atoms with E-state index in [0.717, 1.165) is 58.0 Å². The number of piperidine rings is 3. The van der Waals surface area contributed by atoms with Gasteiger partial charge in [0.05, 0.1) is 31.2 Å².